The molecule has 1 atom stereocenters. The quantitative estimate of drug-likeness (QED) is 0.795. The molecule has 0 aliphatic carbocycles. The van der Waals surface area contributed by atoms with E-state index in [4.69, 9.17) is 5.73 Å². The van der Waals surface area contributed by atoms with Gasteiger partial charge in [0.15, 0.2) is 0 Å². The van der Waals surface area contributed by atoms with Gasteiger partial charge in [-0.1, -0.05) is 13.3 Å². The molecular weight excluding hydrogens is 238 g/mol. The van der Waals surface area contributed by atoms with Crippen molar-refractivity contribution in [2.45, 2.75) is 39.7 Å². The summed E-state index contributed by atoms with van der Waals surface area (Å²) in [6.45, 7) is 8.23. The van der Waals surface area contributed by atoms with Gasteiger partial charge in [0.1, 0.15) is 0 Å². The van der Waals surface area contributed by atoms with Crippen molar-refractivity contribution < 1.29 is 4.79 Å². The number of carbonyl (C=O) groups is 1. The van der Waals surface area contributed by atoms with Crippen molar-refractivity contribution in [2.24, 2.45) is 5.73 Å². The van der Waals surface area contributed by atoms with E-state index in [1.165, 1.54) is 5.69 Å². The number of nitrogens with two attached hydrogens (primary N) is 1. The highest BCUT2D eigenvalue weighted by molar-refractivity contribution is 5.94. The van der Waals surface area contributed by atoms with Crippen LogP contribution in [0.25, 0.3) is 0 Å². The van der Waals surface area contributed by atoms with Crippen LogP contribution < -0.4 is 16.0 Å². The topological polar surface area (TPSA) is 58.4 Å². The van der Waals surface area contributed by atoms with E-state index in [2.05, 4.69) is 24.1 Å². The number of hydrogen-bond acceptors (Lipinski definition) is 3. The van der Waals surface area contributed by atoms with Gasteiger partial charge in [0, 0.05) is 24.5 Å². The van der Waals surface area contributed by atoms with Crippen LogP contribution in [0.3, 0.4) is 0 Å². The molecule has 0 aliphatic heterocycles. The van der Waals surface area contributed by atoms with E-state index in [0.717, 1.165) is 25.2 Å². The molecule has 0 heterocycles. The third-order valence-corrected chi connectivity index (χ3v) is 3.20. The molecule has 0 saturated heterocycles. The van der Waals surface area contributed by atoms with Crippen LogP contribution in [0.5, 0.6) is 0 Å². The average Bonchev–Trinajstić information content (AvgIpc) is 2.42. The Balaban J connectivity index is 2.64. The van der Waals surface area contributed by atoms with Crippen molar-refractivity contribution in [3.8, 4) is 0 Å². The molecule has 0 aromatic heterocycles. The molecule has 19 heavy (non-hydrogen) atoms. The minimum absolute atomic E-state index is 0.113. The number of carbonyl (C=O) groups excluding carboxylic acids is 1. The first-order valence-electron chi connectivity index (χ1n) is 7.03. The van der Waals surface area contributed by atoms with E-state index in [1.54, 1.807) is 0 Å². The standard InChI is InChI=1S/C15H25N3O/c1-4-7-14(16)15(19)17-12-8-10-13(11-9-12)18(5-2)6-3/h8-11,14H,4-7,16H2,1-3H3,(H,17,19)/t14-/m0/s1. The van der Waals surface area contributed by atoms with Gasteiger partial charge < -0.3 is 16.0 Å². The van der Waals surface area contributed by atoms with Crippen molar-refractivity contribution in [3.05, 3.63) is 24.3 Å². The summed E-state index contributed by atoms with van der Waals surface area (Å²) in [7, 11) is 0. The first-order chi connectivity index (χ1) is 9.12. The summed E-state index contributed by atoms with van der Waals surface area (Å²) in [5.41, 5.74) is 7.74. The maximum Gasteiger partial charge on any atom is 0.241 e. The largest absolute Gasteiger partial charge is 0.372 e. The molecule has 1 aromatic rings. The maximum atomic E-state index is 11.8. The Morgan fingerprint density at radius 1 is 1.21 bits per heavy atom. The minimum Gasteiger partial charge on any atom is -0.372 e. The molecule has 0 saturated carbocycles. The van der Waals surface area contributed by atoms with Gasteiger partial charge in [0.05, 0.1) is 6.04 Å². The first-order valence-corrected chi connectivity index (χ1v) is 7.03. The molecule has 0 fully saturated rings. The van der Waals surface area contributed by atoms with Gasteiger partial charge in [0.2, 0.25) is 5.91 Å². The zero-order valence-electron chi connectivity index (χ0n) is 12.1. The van der Waals surface area contributed by atoms with Gasteiger partial charge in [-0.25, -0.2) is 0 Å². The summed E-state index contributed by atoms with van der Waals surface area (Å²) >= 11 is 0. The predicted octanol–water partition coefficient (Wildman–Crippen LogP) is 2.60. The van der Waals surface area contributed by atoms with Gasteiger partial charge in [-0.05, 0) is 44.5 Å². The van der Waals surface area contributed by atoms with Gasteiger partial charge in [-0.15, -0.1) is 0 Å². The number of nitrogens with one attached hydrogen (secondary N) is 1. The number of hydrogen-bond donors (Lipinski definition) is 2. The number of anilines is 2. The van der Waals surface area contributed by atoms with Crippen LogP contribution in [0.4, 0.5) is 11.4 Å². The number of amides is 1. The lowest BCUT2D eigenvalue weighted by molar-refractivity contribution is -0.117. The van der Waals surface area contributed by atoms with Crippen molar-refractivity contribution in [3.63, 3.8) is 0 Å². The number of rotatable bonds is 7. The zero-order valence-corrected chi connectivity index (χ0v) is 12.1. The van der Waals surface area contributed by atoms with Crippen LogP contribution in [0.1, 0.15) is 33.6 Å². The predicted molar refractivity (Wildman–Crippen MR) is 81.5 cm³/mol. The fourth-order valence-corrected chi connectivity index (χ4v) is 2.02. The molecule has 106 valence electrons. The molecule has 4 nitrogen and oxygen atoms in total. The minimum atomic E-state index is -0.424. The second-order valence-corrected chi connectivity index (χ2v) is 4.60. The van der Waals surface area contributed by atoms with Gasteiger partial charge in [0.25, 0.3) is 0 Å². The van der Waals surface area contributed by atoms with E-state index >= 15 is 0 Å². The Morgan fingerprint density at radius 2 is 1.79 bits per heavy atom. The summed E-state index contributed by atoms with van der Waals surface area (Å²) in [6, 6.07) is 7.46. The first kappa shape index (κ1) is 15.5. The van der Waals surface area contributed by atoms with Crippen LogP contribution in [0.2, 0.25) is 0 Å². The SMILES string of the molecule is CCC[C@H](N)C(=O)Nc1ccc(N(CC)CC)cc1. The highest BCUT2D eigenvalue weighted by Crippen LogP contribution is 2.17. The Morgan fingerprint density at radius 3 is 2.26 bits per heavy atom. The Labute approximate surface area is 116 Å². The van der Waals surface area contributed by atoms with Crippen LogP contribution in [0.15, 0.2) is 24.3 Å². The van der Waals surface area contributed by atoms with Crippen LogP contribution in [-0.4, -0.2) is 25.0 Å². The van der Waals surface area contributed by atoms with E-state index in [0.29, 0.717) is 6.42 Å². The lowest BCUT2D eigenvalue weighted by atomic mass is 10.1. The van der Waals surface area contributed by atoms with E-state index in [1.807, 2.05) is 31.2 Å². The molecule has 0 unspecified atom stereocenters. The molecule has 4 heteroatoms. The Hall–Kier alpha value is -1.55. The molecule has 0 bridgehead atoms. The molecule has 1 rings (SSSR count). The zero-order chi connectivity index (χ0) is 14.3. The maximum absolute atomic E-state index is 11.8. The van der Waals surface area contributed by atoms with Crippen LogP contribution in [0, 0.1) is 0 Å². The van der Waals surface area contributed by atoms with E-state index in [-0.39, 0.29) is 5.91 Å². The summed E-state index contributed by atoms with van der Waals surface area (Å²) in [5.74, 6) is -0.113. The molecular formula is C15H25N3O. The molecule has 0 aliphatic rings. The van der Waals surface area contributed by atoms with Crippen molar-refractivity contribution in [2.75, 3.05) is 23.3 Å². The number of benzene rings is 1. The lowest BCUT2D eigenvalue weighted by Crippen LogP contribution is -2.35. The summed E-state index contributed by atoms with van der Waals surface area (Å²) in [5, 5.41) is 2.85. The normalized spacial score (nSPS) is 12.0. The average molecular weight is 263 g/mol. The summed E-state index contributed by atoms with van der Waals surface area (Å²) < 4.78 is 0. The van der Waals surface area contributed by atoms with Crippen molar-refractivity contribution in [1.82, 2.24) is 0 Å². The molecule has 1 aromatic carbocycles. The third kappa shape index (κ3) is 4.56. The second-order valence-electron chi connectivity index (χ2n) is 4.60. The van der Waals surface area contributed by atoms with Crippen LogP contribution in [-0.2, 0) is 4.79 Å². The number of nitrogens with zero attached hydrogens (tertiary/aromatic N) is 1. The highest BCUT2D eigenvalue weighted by atomic mass is 16.2. The van der Waals surface area contributed by atoms with Crippen molar-refractivity contribution in [1.29, 1.82) is 0 Å². The summed E-state index contributed by atoms with van der Waals surface area (Å²) in [4.78, 5) is 14.0. The smallest absolute Gasteiger partial charge is 0.241 e. The third-order valence-electron chi connectivity index (χ3n) is 3.20. The monoisotopic (exact) mass is 263 g/mol. The summed E-state index contributed by atoms with van der Waals surface area (Å²) in [6.07, 6.45) is 1.62. The Kier molecular flexibility index (Phi) is 6.36. The van der Waals surface area contributed by atoms with E-state index in [9.17, 15) is 4.79 Å². The van der Waals surface area contributed by atoms with Gasteiger partial charge in [-0.2, -0.15) is 0 Å². The van der Waals surface area contributed by atoms with Crippen molar-refractivity contribution >= 4 is 17.3 Å². The Bertz CT molecular complexity index is 385. The van der Waals surface area contributed by atoms with E-state index < -0.39 is 6.04 Å². The fourth-order valence-electron chi connectivity index (χ4n) is 2.02. The molecule has 0 spiro atoms. The second kappa shape index (κ2) is 7.79. The molecule has 0 radical (unpaired) electrons. The van der Waals surface area contributed by atoms with Crippen LogP contribution >= 0.6 is 0 Å². The lowest BCUT2D eigenvalue weighted by Gasteiger charge is -2.21. The highest BCUT2D eigenvalue weighted by Gasteiger charge is 2.12. The molecule has 3 N–H and O–H groups in total. The molecule has 1 amide bonds. The van der Waals surface area contributed by atoms with Gasteiger partial charge in [-0.3, -0.25) is 4.79 Å². The fraction of sp³-hybridized carbons (Fsp3) is 0.533. The van der Waals surface area contributed by atoms with Gasteiger partial charge >= 0.3 is 0 Å².